The molecule has 0 bridgehead atoms. The van der Waals surface area contributed by atoms with Crippen molar-refractivity contribution in [3.8, 4) is 17.0 Å². The van der Waals surface area contributed by atoms with Gasteiger partial charge in [-0.2, -0.15) is 0 Å². The summed E-state index contributed by atoms with van der Waals surface area (Å²) in [5, 5.41) is 2.87. The number of rotatable bonds is 7. The van der Waals surface area contributed by atoms with Gasteiger partial charge >= 0.3 is 0 Å². The van der Waals surface area contributed by atoms with Gasteiger partial charge in [0.05, 0.1) is 17.1 Å². The van der Waals surface area contributed by atoms with Crippen LogP contribution in [0.3, 0.4) is 0 Å². The van der Waals surface area contributed by atoms with Gasteiger partial charge in [-0.15, -0.1) is 11.3 Å². The Hall–Kier alpha value is -3.10. The summed E-state index contributed by atoms with van der Waals surface area (Å²) in [4.78, 5) is 31.3. The minimum Gasteiger partial charge on any atom is -0.492 e. The second kappa shape index (κ2) is 9.36. The third-order valence-electron chi connectivity index (χ3n) is 4.67. The molecule has 1 aliphatic heterocycles. The number of hydrogen-bond donors (Lipinski definition) is 1. The second-order valence-electron chi connectivity index (χ2n) is 6.96. The van der Waals surface area contributed by atoms with Gasteiger partial charge in [0, 0.05) is 17.5 Å². The van der Waals surface area contributed by atoms with Crippen LogP contribution in [0.4, 0.5) is 9.93 Å². The Bertz CT molecular complexity index is 1120. The van der Waals surface area contributed by atoms with Crippen LogP contribution in [0.2, 0.25) is 0 Å². The Kier molecular flexibility index (Phi) is 6.39. The topological polar surface area (TPSA) is 71.5 Å². The predicted octanol–water partition coefficient (Wildman–Crippen LogP) is 4.96. The third kappa shape index (κ3) is 5.15. The van der Waals surface area contributed by atoms with Gasteiger partial charge in [-0.25, -0.2) is 4.98 Å². The Morgan fingerprint density at radius 3 is 2.52 bits per heavy atom. The minimum atomic E-state index is -0.355. The molecule has 0 atom stereocenters. The van der Waals surface area contributed by atoms with Gasteiger partial charge in [-0.05, 0) is 42.5 Å². The van der Waals surface area contributed by atoms with Crippen LogP contribution in [0.5, 0.6) is 5.75 Å². The molecule has 0 unspecified atom stereocenters. The number of thiazole rings is 1. The summed E-state index contributed by atoms with van der Waals surface area (Å²) in [5.74, 6) is 0.390. The lowest BCUT2D eigenvalue weighted by atomic mass is 10.1. The smallest absolute Gasteiger partial charge is 0.290 e. The van der Waals surface area contributed by atoms with E-state index < -0.39 is 0 Å². The third-order valence-corrected chi connectivity index (χ3v) is 6.57. The molecule has 0 saturated carbocycles. The Labute approximate surface area is 188 Å². The highest BCUT2D eigenvalue weighted by Gasteiger charge is 2.24. The lowest BCUT2D eigenvalue weighted by molar-refractivity contribution is -0.115. The van der Waals surface area contributed by atoms with Crippen molar-refractivity contribution in [2.24, 2.45) is 0 Å². The average Bonchev–Trinajstić information content (AvgIpc) is 3.31. The number of likely N-dealkylation sites (N-methyl/N-ethyl adjacent to an activating group) is 1. The van der Waals surface area contributed by atoms with Crippen LogP contribution in [-0.4, -0.2) is 36.3 Å². The molecule has 3 aromatic rings. The molecule has 0 spiro atoms. The van der Waals surface area contributed by atoms with E-state index in [2.05, 4.69) is 29.3 Å². The molecule has 8 heteroatoms. The number of thioether (sulfide) groups is 1. The summed E-state index contributed by atoms with van der Waals surface area (Å²) >= 11 is 2.58. The molecule has 1 N–H and O–H groups in total. The number of benzene rings is 2. The maximum absolute atomic E-state index is 11.6. The first kappa shape index (κ1) is 21.1. The fraction of sp³-hybridized carbons (Fsp3) is 0.174. The van der Waals surface area contributed by atoms with Gasteiger partial charge in [0.2, 0.25) is 0 Å². The van der Waals surface area contributed by atoms with Crippen molar-refractivity contribution in [3.63, 3.8) is 0 Å². The van der Waals surface area contributed by atoms with Crippen molar-refractivity contribution < 1.29 is 14.3 Å². The van der Waals surface area contributed by atoms with E-state index >= 15 is 0 Å². The van der Waals surface area contributed by atoms with E-state index in [4.69, 9.17) is 9.72 Å². The van der Waals surface area contributed by atoms with E-state index in [0.717, 1.165) is 39.5 Å². The number of hydrogen-bond acceptors (Lipinski definition) is 7. The summed E-state index contributed by atoms with van der Waals surface area (Å²) in [6, 6.07) is 17.6. The summed E-state index contributed by atoms with van der Waals surface area (Å²) < 4.78 is 5.86. The Morgan fingerprint density at radius 2 is 1.84 bits per heavy atom. The molecule has 2 amide bonds. The van der Waals surface area contributed by atoms with Crippen LogP contribution >= 0.6 is 23.1 Å². The summed E-state index contributed by atoms with van der Waals surface area (Å²) in [6.45, 7) is 3.31. The molecular formula is C23H21N3O3S2. The van der Waals surface area contributed by atoms with E-state index in [1.165, 1.54) is 4.88 Å². The quantitative estimate of drug-likeness (QED) is 0.512. The van der Waals surface area contributed by atoms with Crippen molar-refractivity contribution in [2.75, 3.05) is 25.1 Å². The highest BCUT2D eigenvalue weighted by molar-refractivity contribution is 8.18. The highest BCUT2D eigenvalue weighted by Crippen LogP contribution is 2.32. The predicted molar refractivity (Wildman–Crippen MR) is 127 cm³/mol. The number of aryl methyl sites for hydroxylation is 1. The summed E-state index contributed by atoms with van der Waals surface area (Å²) in [6.07, 6.45) is 1.69. The number of carbonyl (C=O) groups excluding carboxylic acids is 2. The second-order valence-corrected chi connectivity index (χ2v) is 9.15. The number of aromatic nitrogens is 1. The first-order valence-corrected chi connectivity index (χ1v) is 11.3. The van der Waals surface area contributed by atoms with Crippen molar-refractivity contribution in [1.29, 1.82) is 0 Å². The molecule has 31 heavy (non-hydrogen) atoms. The number of imide groups is 1. The molecule has 4 rings (SSSR count). The molecule has 1 fully saturated rings. The monoisotopic (exact) mass is 451 g/mol. The number of amides is 2. The maximum atomic E-state index is 11.6. The van der Waals surface area contributed by atoms with Crippen LogP contribution in [-0.2, 0) is 4.79 Å². The van der Waals surface area contributed by atoms with Crippen LogP contribution in [0.1, 0.15) is 10.4 Å². The number of anilines is 1. The van der Waals surface area contributed by atoms with Gasteiger partial charge < -0.3 is 9.64 Å². The molecule has 2 heterocycles. The molecule has 2 aromatic carbocycles. The summed E-state index contributed by atoms with van der Waals surface area (Å²) in [5.41, 5.74) is 2.98. The molecule has 1 saturated heterocycles. The number of ether oxygens (including phenoxy) is 1. The molecule has 0 radical (unpaired) electrons. The number of nitrogens with one attached hydrogen (secondary N) is 1. The van der Waals surface area contributed by atoms with E-state index in [9.17, 15) is 9.59 Å². The maximum Gasteiger partial charge on any atom is 0.290 e. The molecule has 158 valence electrons. The standard InChI is InChI=1S/C23H21N3O3S2/c1-15-20(17-6-4-3-5-7-17)24-22(30-15)26(2)12-13-29-18-10-8-16(9-11-18)14-19-21(27)25-23(28)31-19/h3-11,14H,12-13H2,1-2H3,(H,25,27,28). The first-order valence-electron chi connectivity index (χ1n) is 9.71. The lowest BCUT2D eigenvalue weighted by Gasteiger charge is -2.16. The SMILES string of the molecule is Cc1sc(N(C)CCOc2ccc(C=C3SC(=O)NC3=O)cc2)nc1-c1ccccc1. The zero-order valence-corrected chi connectivity index (χ0v) is 18.8. The van der Waals surface area contributed by atoms with Gasteiger partial charge in [0.1, 0.15) is 12.4 Å². The van der Waals surface area contributed by atoms with Crippen LogP contribution in [0.25, 0.3) is 17.3 Å². The fourth-order valence-electron chi connectivity index (χ4n) is 3.04. The van der Waals surface area contributed by atoms with E-state index in [-0.39, 0.29) is 11.1 Å². The van der Waals surface area contributed by atoms with Gasteiger partial charge in [-0.1, -0.05) is 42.5 Å². The fourth-order valence-corrected chi connectivity index (χ4v) is 4.64. The van der Waals surface area contributed by atoms with E-state index in [1.54, 1.807) is 17.4 Å². The van der Waals surface area contributed by atoms with Crippen molar-refractivity contribution in [1.82, 2.24) is 10.3 Å². The van der Waals surface area contributed by atoms with Gasteiger partial charge in [0.25, 0.3) is 11.1 Å². The van der Waals surface area contributed by atoms with Gasteiger partial charge in [0.15, 0.2) is 5.13 Å². The number of nitrogens with zero attached hydrogens (tertiary/aromatic N) is 2. The highest BCUT2D eigenvalue weighted by atomic mass is 32.2. The van der Waals surface area contributed by atoms with E-state index in [1.807, 2.05) is 49.5 Å². The Balaban J connectivity index is 1.32. The molecule has 1 aliphatic rings. The zero-order valence-electron chi connectivity index (χ0n) is 17.1. The van der Waals surface area contributed by atoms with Crippen molar-refractivity contribution >= 4 is 45.5 Å². The minimum absolute atomic E-state index is 0.341. The van der Waals surface area contributed by atoms with Crippen molar-refractivity contribution in [3.05, 3.63) is 69.9 Å². The average molecular weight is 452 g/mol. The Morgan fingerprint density at radius 1 is 1.10 bits per heavy atom. The van der Waals surface area contributed by atoms with Crippen LogP contribution < -0.4 is 15.0 Å². The lowest BCUT2D eigenvalue weighted by Crippen LogP contribution is -2.23. The van der Waals surface area contributed by atoms with Crippen LogP contribution in [0, 0.1) is 6.92 Å². The zero-order chi connectivity index (χ0) is 21.8. The number of carbonyl (C=O) groups is 2. The van der Waals surface area contributed by atoms with Gasteiger partial charge in [-0.3, -0.25) is 14.9 Å². The molecule has 6 nitrogen and oxygen atoms in total. The largest absolute Gasteiger partial charge is 0.492 e. The molecule has 1 aromatic heterocycles. The molecular weight excluding hydrogens is 430 g/mol. The van der Waals surface area contributed by atoms with Crippen LogP contribution in [0.15, 0.2) is 59.5 Å². The first-order chi connectivity index (χ1) is 15.0. The summed E-state index contributed by atoms with van der Waals surface area (Å²) in [7, 11) is 2.01. The van der Waals surface area contributed by atoms with E-state index in [0.29, 0.717) is 18.1 Å². The van der Waals surface area contributed by atoms with Crippen molar-refractivity contribution in [2.45, 2.75) is 6.92 Å². The normalized spacial score (nSPS) is 14.7. The molecule has 0 aliphatic carbocycles.